The average Bonchev–Trinajstić information content (AvgIpc) is 2.45. The number of nitrogens with zero attached hydrogens (tertiary/aromatic N) is 1. The summed E-state index contributed by atoms with van der Waals surface area (Å²) in [5, 5.41) is 8.96. The van der Waals surface area contributed by atoms with E-state index in [0.29, 0.717) is 0 Å². The molecule has 0 aromatic heterocycles. The number of carbonyl (C=O) groups excluding carboxylic acids is 2. The zero-order valence-corrected chi connectivity index (χ0v) is 11.9. The molecule has 1 N–H and O–H groups in total. The van der Waals surface area contributed by atoms with Gasteiger partial charge in [-0.2, -0.15) is 0 Å². The molecular weight excluding hydrogens is 274 g/mol. The lowest BCUT2D eigenvalue weighted by Gasteiger charge is -2.40. The summed E-state index contributed by atoms with van der Waals surface area (Å²) in [4.78, 5) is 36.6. The van der Waals surface area contributed by atoms with E-state index in [1.54, 1.807) is 6.92 Å². The first-order chi connectivity index (χ1) is 9.91. The maximum absolute atomic E-state index is 12.3. The van der Waals surface area contributed by atoms with Crippen LogP contribution in [0.25, 0.3) is 0 Å². The highest BCUT2D eigenvalue weighted by atomic mass is 16.6. The van der Waals surface area contributed by atoms with Crippen LogP contribution in [0.1, 0.15) is 31.9 Å². The first-order valence-electron chi connectivity index (χ1n) is 6.71. The zero-order valence-electron chi connectivity index (χ0n) is 11.9. The quantitative estimate of drug-likeness (QED) is 0.847. The molecule has 1 aromatic rings. The molecular formula is C15H17NO5. The van der Waals surface area contributed by atoms with Gasteiger partial charge in [-0.1, -0.05) is 30.3 Å². The van der Waals surface area contributed by atoms with Crippen LogP contribution in [-0.4, -0.2) is 40.0 Å². The van der Waals surface area contributed by atoms with Gasteiger partial charge in [-0.05, 0) is 19.4 Å². The van der Waals surface area contributed by atoms with Gasteiger partial charge < -0.3 is 14.7 Å². The second-order valence-corrected chi connectivity index (χ2v) is 5.02. The molecule has 1 fully saturated rings. The maximum Gasteiger partial charge on any atom is 0.330 e. The van der Waals surface area contributed by atoms with Crippen molar-refractivity contribution in [1.29, 1.82) is 0 Å². The fourth-order valence-electron chi connectivity index (χ4n) is 2.48. The standard InChI is InChI=1S/C15H17NO5/c1-9(11-6-4-3-5-7-11)16-12(8-13(17)18)15(20)21-10(2)14(16)19/h3-7,9-10,12H,8H2,1-2H3,(H,17,18)/t9-,10+,12-/m0/s1. The van der Waals surface area contributed by atoms with E-state index in [9.17, 15) is 14.4 Å². The van der Waals surface area contributed by atoms with Crippen molar-refractivity contribution in [2.75, 3.05) is 0 Å². The molecule has 0 saturated carbocycles. The number of aliphatic carboxylic acids is 1. The van der Waals surface area contributed by atoms with Crippen molar-refractivity contribution < 1.29 is 24.2 Å². The van der Waals surface area contributed by atoms with E-state index in [0.717, 1.165) is 5.56 Å². The topological polar surface area (TPSA) is 83.9 Å². The highest BCUT2D eigenvalue weighted by molar-refractivity contribution is 5.94. The third-order valence-corrected chi connectivity index (χ3v) is 3.57. The van der Waals surface area contributed by atoms with Gasteiger partial charge in [0.15, 0.2) is 6.10 Å². The number of carboxylic acids is 1. The van der Waals surface area contributed by atoms with Gasteiger partial charge in [0.05, 0.1) is 12.5 Å². The van der Waals surface area contributed by atoms with E-state index in [4.69, 9.17) is 9.84 Å². The fourth-order valence-corrected chi connectivity index (χ4v) is 2.48. The molecule has 2 rings (SSSR count). The molecule has 0 unspecified atom stereocenters. The molecule has 6 nitrogen and oxygen atoms in total. The Morgan fingerprint density at radius 2 is 1.95 bits per heavy atom. The highest BCUT2D eigenvalue weighted by Crippen LogP contribution is 2.28. The van der Waals surface area contributed by atoms with Crippen LogP contribution in [0.2, 0.25) is 0 Å². The van der Waals surface area contributed by atoms with Crippen LogP contribution < -0.4 is 0 Å². The number of carboxylic acid groups (broad SMARTS) is 1. The summed E-state index contributed by atoms with van der Waals surface area (Å²) in [5.41, 5.74) is 0.836. The Hall–Kier alpha value is -2.37. The third-order valence-electron chi connectivity index (χ3n) is 3.57. The van der Waals surface area contributed by atoms with Crippen LogP contribution >= 0.6 is 0 Å². The van der Waals surface area contributed by atoms with Gasteiger partial charge in [-0.15, -0.1) is 0 Å². The zero-order chi connectivity index (χ0) is 15.6. The van der Waals surface area contributed by atoms with Crippen LogP contribution in [-0.2, 0) is 19.1 Å². The van der Waals surface area contributed by atoms with E-state index in [-0.39, 0.29) is 5.91 Å². The fraction of sp³-hybridized carbons (Fsp3) is 0.400. The van der Waals surface area contributed by atoms with Crippen molar-refractivity contribution in [3.05, 3.63) is 35.9 Å². The van der Waals surface area contributed by atoms with E-state index >= 15 is 0 Å². The molecule has 6 heteroatoms. The van der Waals surface area contributed by atoms with Gasteiger partial charge in [0.1, 0.15) is 6.04 Å². The van der Waals surface area contributed by atoms with Crippen molar-refractivity contribution in [2.24, 2.45) is 0 Å². The van der Waals surface area contributed by atoms with E-state index < -0.39 is 36.5 Å². The van der Waals surface area contributed by atoms with E-state index in [2.05, 4.69) is 0 Å². The molecule has 3 atom stereocenters. The lowest BCUT2D eigenvalue weighted by Crippen LogP contribution is -2.57. The summed E-state index contributed by atoms with van der Waals surface area (Å²) in [6.45, 7) is 3.26. The van der Waals surface area contributed by atoms with Crippen molar-refractivity contribution in [3.8, 4) is 0 Å². The lowest BCUT2D eigenvalue weighted by molar-refractivity contribution is -0.181. The van der Waals surface area contributed by atoms with Crippen molar-refractivity contribution in [3.63, 3.8) is 0 Å². The number of rotatable bonds is 4. The maximum atomic E-state index is 12.3. The molecule has 0 spiro atoms. The predicted molar refractivity (Wildman–Crippen MR) is 73.3 cm³/mol. The summed E-state index contributed by atoms with van der Waals surface area (Å²) < 4.78 is 4.93. The Morgan fingerprint density at radius 1 is 1.33 bits per heavy atom. The van der Waals surface area contributed by atoms with Gasteiger partial charge in [0.2, 0.25) is 0 Å². The molecule has 1 aromatic carbocycles. The number of amides is 1. The number of cyclic esters (lactones) is 1. The van der Waals surface area contributed by atoms with Gasteiger partial charge in [0.25, 0.3) is 5.91 Å². The Bertz CT molecular complexity index is 556. The molecule has 0 aliphatic carbocycles. The summed E-state index contributed by atoms with van der Waals surface area (Å²) in [6.07, 6.45) is -1.36. The van der Waals surface area contributed by atoms with Crippen LogP contribution in [0.15, 0.2) is 30.3 Å². The first kappa shape index (κ1) is 15.0. The summed E-state index contributed by atoms with van der Waals surface area (Å²) >= 11 is 0. The number of carbonyl (C=O) groups is 3. The van der Waals surface area contributed by atoms with Gasteiger partial charge in [0, 0.05) is 0 Å². The second-order valence-electron chi connectivity index (χ2n) is 5.02. The normalized spacial score (nSPS) is 23.6. The van der Waals surface area contributed by atoms with Crippen molar-refractivity contribution >= 4 is 17.8 Å². The summed E-state index contributed by atoms with van der Waals surface area (Å²) in [7, 11) is 0. The Morgan fingerprint density at radius 3 is 2.52 bits per heavy atom. The molecule has 0 bridgehead atoms. The molecule has 1 saturated heterocycles. The number of hydrogen-bond acceptors (Lipinski definition) is 4. The molecule has 1 aliphatic heterocycles. The van der Waals surface area contributed by atoms with Crippen LogP contribution in [0.5, 0.6) is 0 Å². The molecule has 1 aliphatic rings. The minimum absolute atomic E-state index is 0.378. The number of hydrogen-bond donors (Lipinski definition) is 1. The molecule has 21 heavy (non-hydrogen) atoms. The van der Waals surface area contributed by atoms with Crippen molar-refractivity contribution in [2.45, 2.75) is 38.5 Å². The lowest BCUT2D eigenvalue weighted by atomic mass is 10.0. The second kappa shape index (κ2) is 5.95. The molecule has 0 radical (unpaired) electrons. The van der Waals surface area contributed by atoms with Crippen LogP contribution in [0, 0.1) is 0 Å². The number of morpholine rings is 1. The first-order valence-corrected chi connectivity index (χ1v) is 6.71. The Balaban J connectivity index is 2.35. The monoisotopic (exact) mass is 291 g/mol. The average molecular weight is 291 g/mol. The number of esters is 1. The third kappa shape index (κ3) is 3.04. The minimum atomic E-state index is -1.15. The minimum Gasteiger partial charge on any atom is -0.481 e. The molecule has 1 heterocycles. The predicted octanol–water partition coefficient (Wildman–Crippen LogP) is 1.36. The highest BCUT2D eigenvalue weighted by Gasteiger charge is 2.44. The molecule has 112 valence electrons. The summed E-state index contributed by atoms with van der Waals surface area (Å²) in [5.74, 6) is -2.20. The Kier molecular flexibility index (Phi) is 4.26. The Labute approximate surface area is 122 Å². The largest absolute Gasteiger partial charge is 0.481 e. The van der Waals surface area contributed by atoms with Crippen LogP contribution in [0.3, 0.4) is 0 Å². The SMILES string of the molecule is C[C@H]1OC(=O)[C@H](CC(=O)O)N([C@@H](C)c2ccccc2)C1=O. The summed E-state index contributed by atoms with van der Waals surface area (Å²) in [6, 6.07) is 7.67. The van der Waals surface area contributed by atoms with Gasteiger partial charge in [-0.3, -0.25) is 9.59 Å². The van der Waals surface area contributed by atoms with Crippen molar-refractivity contribution in [1.82, 2.24) is 4.90 Å². The van der Waals surface area contributed by atoms with E-state index in [1.165, 1.54) is 11.8 Å². The smallest absolute Gasteiger partial charge is 0.330 e. The number of benzene rings is 1. The molecule has 1 amide bonds. The van der Waals surface area contributed by atoms with Crippen LogP contribution in [0.4, 0.5) is 0 Å². The van der Waals surface area contributed by atoms with Gasteiger partial charge >= 0.3 is 11.9 Å². The van der Waals surface area contributed by atoms with Gasteiger partial charge in [-0.25, -0.2) is 4.79 Å². The number of ether oxygens (including phenoxy) is 1. The van der Waals surface area contributed by atoms with E-state index in [1.807, 2.05) is 30.3 Å².